The Bertz CT molecular complexity index is 527. The van der Waals surface area contributed by atoms with Crippen molar-refractivity contribution in [3.8, 4) is 0 Å². The van der Waals surface area contributed by atoms with Crippen LogP contribution in [0, 0.1) is 13.8 Å². The van der Waals surface area contributed by atoms with Crippen LogP contribution in [0.25, 0.3) is 0 Å². The first-order valence-electron chi connectivity index (χ1n) is 6.26. The zero-order valence-corrected chi connectivity index (χ0v) is 11.6. The van der Waals surface area contributed by atoms with E-state index in [9.17, 15) is 0 Å². The van der Waals surface area contributed by atoms with Gasteiger partial charge in [0.1, 0.15) is 0 Å². The monoisotopic (exact) mass is 272 g/mol. The lowest BCUT2D eigenvalue weighted by Gasteiger charge is -2.01. The molecule has 0 aromatic heterocycles. The van der Waals surface area contributed by atoms with Crippen LogP contribution in [0.4, 0.5) is 0 Å². The van der Waals surface area contributed by atoms with Gasteiger partial charge in [0.05, 0.1) is 0 Å². The van der Waals surface area contributed by atoms with Crippen LogP contribution in [0.2, 0.25) is 0 Å². The van der Waals surface area contributed by atoms with E-state index in [1.807, 2.05) is 38.1 Å². The van der Waals surface area contributed by atoms with Crippen molar-refractivity contribution >= 4 is 25.2 Å². The molecular weight excluding hydrogens is 254 g/mol. The molecule has 4 nitrogen and oxygen atoms in total. The Balaban J connectivity index is 0.000000200. The van der Waals surface area contributed by atoms with E-state index in [1.54, 1.807) is 24.3 Å². The van der Waals surface area contributed by atoms with Gasteiger partial charge in [-0.1, -0.05) is 59.7 Å². The fourth-order valence-electron chi connectivity index (χ4n) is 1.62. The summed E-state index contributed by atoms with van der Waals surface area (Å²) in [4.78, 5) is 0. The van der Waals surface area contributed by atoms with E-state index in [0.717, 1.165) is 11.1 Å². The van der Waals surface area contributed by atoms with Crippen molar-refractivity contribution in [3.05, 3.63) is 59.7 Å². The zero-order chi connectivity index (χ0) is 15.1. The minimum Gasteiger partial charge on any atom is -0.423 e. The highest BCUT2D eigenvalue weighted by atomic mass is 16.4. The highest BCUT2D eigenvalue weighted by Crippen LogP contribution is 1.93. The summed E-state index contributed by atoms with van der Waals surface area (Å²) in [6.45, 7) is 3.79. The SMILES string of the molecule is Cc1ccc(B(O)O)cc1.Cc1ccccc1B(O)O. The van der Waals surface area contributed by atoms with Crippen LogP contribution in [0.1, 0.15) is 11.1 Å². The Morgan fingerprint density at radius 1 is 0.700 bits per heavy atom. The number of rotatable bonds is 2. The molecule has 0 spiro atoms. The topological polar surface area (TPSA) is 80.9 Å². The first-order valence-corrected chi connectivity index (χ1v) is 6.26. The fourth-order valence-corrected chi connectivity index (χ4v) is 1.62. The Labute approximate surface area is 119 Å². The lowest BCUT2D eigenvalue weighted by atomic mass is 9.77. The van der Waals surface area contributed by atoms with Crippen LogP contribution in [0.3, 0.4) is 0 Å². The van der Waals surface area contributed by atoms with E-state index in [-0.39, 0.29) is 0 Å². The molecule has 2 aromatic carbocycles. The summed E-state index contributed by atoms with van der Waals surface area (Å²) in [5, 5.41) is 34.9. The predicted octanol–water partition coefficient (Wildman–Crippen LogP) is -0.650. The highest BCUT2D eigenvalue weighted by molar-refractivity contribution is 6.59. The summed E-state index contributed by atoms with van der Waals surface area (Å²) in [5.74, 6) is 0. The van der Waals surface area contributed by atoms with Crippen molar-refractivity contribution in [2.75, 3.05) is 0 Å². The summed E-state index contributed by atoms with van der Waals surface area (Å²) >= 11 is 0. The van der Waals surface area contributed by atoms with Crippen molar-refractivity contribution in [2.45, 2.75) is 13.8 Å². The van der Waals surface area contributed by atoms with Crippen molar-refractivity contribution in [1.82, 2.24) is 0 Å². The highest BCUT2D eigenvalue weighted by Gasteiger charge is 2.11. The van der Waals surface area contributed by atoms with E-state index < -0.39 is 14.2 Å². The van der Waals surface area contributed by atoms with Gasteiger partial charge in [0.15, 0.2) is 0 Å². The third-order valence-electron chi connectivity index (χ3n) is 2.84. The fraction of sp³-hybridized carbons (Fsp3) is 0.143. The van der Waals surface area contributed by atoms with E-state index in [1.165, 1.54) is 0 Å². The van der Waals surface area contributed by atoms with Crippen molar-refractivity contribution in [2.24, 2.45) is 0 Å². The van der Waals surface area contributed by atoms with Crippen LogP contribution in [0.15, 0.2) is 48.5 Å². The molecule has 0 unspecified atom stereocenters. The Morgan fingerprint density at radius 3 is 1.65 bits per heavy atom. The van der Waals surface area contributed by atoms with Gasteiger partial charge >= 0.3 is 14.2 Å². The van der Waals surface area contributed by atoms with E-state index in [4.69, 9.17) is 20.1 Å². The van der Waals surface area contributed by atoms with E-state index >= 15 is 0 Å². The van der Waals surface area contributed by atoms with Crippen molar-refractivity contribution < 1.29 is 20.1 Å². The average Bonchev–Trinajstić information content (AvgIpc) is 2.40. The number of hydrogen-bond acceptors (Lipinski definition) is 4. The van der Waals surface area contributed by atoms with Gasteiger partial charge in [-0.2, -0.15) is 0 Å². The normalized spacial score (nSPS) is 9.50. The van der Waals surface area contributed by atoms with Gasteiger partial charge in [-0.15, -0.1) is 0 Å². The van der Waals surface area contributed by atoms with Crippen LogP contribution >= 0.6 is 0 Å². The lowest BCUT2D eigenvalue weighted by molar-refractivity contribution is 0.424. The molecule has 0 amide bonds. The largest absolute Gasteiger partial charge is 0.488 e. The Morgan fingerprint density at radius 2 is 1.25 bits per heavy atom. The average molecular weight is 272 g/mol. The van der Waals surface area contributed by atoms with Gasteiger partial charge in [0, 0.05) is 0 Å². The first-order chi connectivity index (χ1) is 9.41. The van der Waals surface area contributed by atoms with Crippen LogP contribution in [0.5, 0.6) is 0 Å². The molecule has 2 rings (SSSR count). The predicted molar refractivity (Wildman–Crippen MR) is 82.0 cm³/mol. The number of benzene rings is 2. The number of aryl methyl sites for hydroxylation is 2. The molecule has 4 N–H and O–H groups in total. The van der Waals surface area contributed by atoms with Crippen LogP contribution in [-0.4, -0.2) is 34.3 Å². The summed E-state index contributed by atoms with van der Waals surface area (Å²) in [5.41, 5.74) is 3.12. The molecule has 0 aliphatic heterocycles. The van der Waals surface area contributed by atoms with Crippen molar-refractivity contribution in [3.63, 3.8) is 0 Å². The second-order valence-corrected chi connectivity index (χ2v) is 4.51. The maximum absolute atomic E-state index is 8.76. The second kappa shape index (κ2) is 7.87. The van der Waals surface area contributed by atoms with Crippen LogP contribution in [-0.2, 0) is 0 Å². The van der Waals surface area contributed by atoms with E-state index in [2.05, 4.69) is 0 Å². The second-order valence-electron chi connectivity index (χ2n) is 4.51. The molecule has 0 heterocycles. The third-order valence-corrected chi connectivity index (χ3v) is 2.84. The maximum Gasteiger partial charge on any atom is 0.488 e. The summed E-state index contributed by atoms with van der Waals surface area (Å²) in [6.07, 6.45) is 0. The van der Waals surface area contributed by atoms with E-state index in [0.29, 0.717) is 10.9 Å². The standard InChI is InChI=1S/2C7H9BO2/c1-6-2-4-7(5-3-6)8(9)10;1-6-4-2-3-5-7(6)8(9)10/h2*2-5,9-10H,1H3. The Kier molecular flexibility index (Phi) is 6.48. The van der Waals surface area contributed by atoms with Crippen molar-refractivity contribution in [1.29, 1.82) is 0 Å². The van der Waals surface area contributed by atoms with Gasteiger partial charge in [-0.25, -0.2) is 0 Å². The molecule has 0 bridgehead atoms. The van der Waals surface area contributed by atoms with Gasteiger partial charge in [0.25, 0.3) is 0 Å². The summed E-state index contributed by atoms with van der Waals surface area (Å²) in [6, 6.07) is 14.3. The molecule has 0 atom stereocenters. The number of hydrogen-bond donors (Lipinski definition) is 4. The molecule has 6 heteroatoms. The van der Waals surface area contributed by atoms with Crippen LogP contribution < -0.4 is 10.9 Å². The molecule has 0 radical (unpaired) electrons. The van der Waals surface area contributed by atoms with Gasteiger partial charge < -0.3 is 20.1 Å². The van der Waals surface area contributed by atoms with Gasteiger partial charge in [-0.05, 0) is 24.8 Å². The first kappa shape index (κ1) is 16.5. The smallest absolute Gasteiger partial charge is 0.423 e. The quantitative estimate of drug-likeness (QED) is 0.548. The van der Waals surface area contributed by atoms with Gasteiger partial charge in [0.2, 0.25) is 0 Å². The zero-order valence-electron chi connectivity index (χ0n) is 11.6. The molecule has 0 aliphatic rings. The molecule has 104 valence electrons. The molecule has 0 saturated heterocycles. The molecule has 0 saturated carbocycles. The molecular formula is C14H18B2O4. The van der Waals surface area contributed by atoms with Gasteiger partial charge in [-0.3, -0.25) is 0 Å². The summed E-state index contributed by atoms with van der Waals surface area (Å²) < 4.78 is 0. The molecule has 2 aromatic rings. The molecule has 0 fully saturated rings. The molecule has 20 heavy (non-hydrogen) atoms. The minimum absolute atomic E-state index is 0.533. The lowest BCUT2D eigenvalue weighted by Crippen LogP contribution is -2.31. The minimum atomic E-state index is -1.35. The third kappa shape index (κ3) is 5.19. The Hall–Kier alpha value is -1.59. The molecule has 0 aliphatic carbocycles. The maximum atomic E-state index is 8.76. The summed E-state index contributed by atoms with van der Waals surface area (Å²) in [7, 11) is -2.69.